The van der Waals surface area contributed by atoms with Crippen LogP contribution in [0, 0.1) is 5.92 Å². The summed E-state index contributed by atoms with van der Waals surface area (Å²) < 4.78 is 0. The van der Waals surface area contributed by atoms with E-state index in [4.69, 9.17) is 0 Å². The summed E-state index contributed by atoms with van der Waals surface area (Å²) in [5.74, 6) is 1.04. The zero-order valence-corrected chi connectivity index (χ0v) is 10.5. The Labute approximate surface area is 102 Å². The first kappa shape index (κ1) is 12.2. The smallest absolute Gasteiger partial charge is 0.119 e. The SMILES string of the molecule is CC1CCC(NC(C)c2cc(O)cc(O)c2)C1. The molecule has 1 aliphatic carbocycles. The molecule has 1 fully saturated rings. The van der Waals surface area contributed by atoms with Crippen LogP contribution in [0.5, 0.6) is 11.5 Å². The second-order valence-corrected chi connectivity index (χ2v) is 5.29. The lowest BCUT2D eigenvalue weighted by atomic mass is 10.1. The molecule has 1 aromatic carbocycles. The van der Waals surface area contributed by atoms with E-state index in [0.717, 1.165) is 11.5 Å². The molecule has 94 valence electrons. The molecule has 2 rings (SSSR count). The standard InChI is InChI=1S/C14H21NO2/c1-9-3-4-12(5-9)15-10(2)11-6-13(16)8-14(17)7-11/h6-10,12,15-17H,3-5H2,1-2H3. The Morgan fingerprint density at radius 2 is 1.82 bits per heavy atom. The monoisotopic (exact) mass is 235 g/mol. The predicted molar refractivity (Wildman–Crippen MR) is 68.1 cm³/mol. The normalized spacial score (nSPS) is 26.0. The Morgan fingerprint density at radius 3 is 2.35 bits per heavy atom. The number of benzene rings is 1. The van der Waals surface area contributed by atoms with Crippen molar-refractivity contribution in [1.82, 2.24) is 5.32 Å². The zero-order chi connectivity index (χ0) is 12.4. The fourth-order valence-electron chi connectivity index (χ4n) is 2.68. The molecule has 0 spiro atoms. The highest BCUT2D eigenvalue weighted by Gasteiger charge is 2.22. The van der Waals surface area contributed by atoms with Gasteiger partial charge in [0.05, 0.1) is 0 Å². The van der Waals surface area contributed by atoms with E-state index < -0.39 is 0 Å². The van der Waals surface area contributed by atoms with Crippen molar-refractivity contribution in [3.63, 3.8) is 0 Å². The molecule has 0 bridgehead atoms. The molecular formula is C14H21NO2. The zero-order valence-electron chi connectivity index (χ0n) is 10.5. The van der Waals surface area contributed by atoms with Crippen LogP contribution < -0.4 is 5.32 Å². The summed E-state index contributed by atoms with van der Waals surface area (Å²) in [6, 6.07) is 5.48. The molecule has 3 unspecified atom stereocenters. The summed E-state index contributed by atoms with van der Waals surface area (Å²) in [5, 5.41) is 22.5. The van der Waals surface area contributed by atoms with Gasteiger partial charge in [-0.05, 0) is 49.8 Å². The van der Waals surface area contributed by atoms with Crippen molar-refractivity contribution in [2.75, 3.05) is 0 Å². The third kappa shape index (κ3) is 3.13. The lowest BCUT2D eigenvalue weighted by Crippen LogP contribution is -2.29. The molecule has 3 nitrogen and oxygen atoms in total. The van der Waals surface area contributed by atoms with Crippen LogP contribution in [0.1, 0.15) is 44.7 Å². The maximum Gasteiger partial charge on any atom is 0.119 e. The van der Waals surface area contributed by atoms with Crippen LogP contribution in [-0.2, 0) is 0 Å². The molecule has 0 aliphatic heterocycles. The molecule has 3 N–H and O–H groups in total. The molecule has 0 amide bonds. The minimum Gasteiger partial charge on any atom is -0.508 e. The van der Waals surface area contributed by atoms with Crippen LogP contribution in [0.25, 0.3) is 0 Å². The Kier molecular flexibility index (Phi) is 3.57. The van der Waals surface area contributed by atoms with E-state index in [2.05, 4.69) is 19.2 Å². The average Bonchev–Trinajstić information content (AvgIpc) is 2.62. The minimum absolute atomic E-state index is 0.119. The first-order valence-electron chi connectivity index (χ1n) is 6.33. The van der Waals surface area contributed by atoms with Crippen molar-refractivity contribution >= 4 is 0 Å². The molecule has 3 heteroatoms. The molecule has 1 saturated carbocycles. The second-order valence-electron chi connectivity index (χ2n) is 5.29. The maximum atomic E-state index is 9.46. The first-order valence-corrected chi connectivity index (χ1v) is 6.33. The number of nitrogens with one attached hydrogen (secondary N) is 1. The predicted octanol–water partition coefficient (Wildman–Crippen LogP) is 2.94. The molecule has 0 heterocycles. The third-order valence-corrected chi connectivity index (χ3v) is 3.61. The van der Waals surface area contributed by atoms with Gasteiger partial charge >= 0.3 is 0 Å². The van der Waals surface area contributed by atoms with Crippen molar-refractivity contribution in [2.45, 2.75) is 45.2 Å². The molecule has 0 aromatic heterocycles. The van der Waals surface area contributed by atoms with E-state index in [1.165, 1.54) is 25.3 Å². The molecular weight excluding hydrogens is 214 g/mol. The van der Waals surface area contributed by atoms with E-state index in [1.54, 1.807) is 12.1 Å². The van der Waals surface area contributed by atoms with Crippen molar-refractivity contribution in [3.05, 3.63) is 23.8 Å². The molecule has 3 atom stereocenters. The Balaban J connectivity index is 2.01. The van der Waals surface area contributed by atoms with Gasteiger partial charge < -0.3 is 15.5 Å². The number of hydrogen-bond acceptors (Lipinski definition) is 3. The minimum atomic E-state index is 0.119. The summed E-state index contributed by atoms with van der Waals surface area (Å²) in [4.78, 5) is 0. The Bertz CT molecular complexity index is 372. The molecule has 1 aliphatic rings. The summed E-state index contributed by atoms with van der Waals surface area (Å²) >= 11 is 0. The highest BCUT2D eigenvalue weighted by Crippen LogP contribution is 2.29. The number of phenols is 2. The number of phenolic OH excluding ortho intramolecular Hbond substituents is 2. The number of hydrogen-bond donors (Lipinski definition) is 3. The van der Waals surface area contributed by atoms with Crippen molar-refractivity contribution in [1.29, 1.82) is 0 Å². The van der Waals surface area contributed by atoms with Gasteiger partial charge in [-0.1, -0.05) is 6.92 Å². The van der Waals surface area contributed by atoms with Crippen LogP contribution in [0.2, 0.25) is 0 Å². The largest absolute Gasteiger partial charge is 0.508 e. The fraction of sp³-hybridized carbons (Fsp3) is 0.571. The van der Waals surface area contributed by atoms with Crippen LogP contribution in [0.15, 0.2) is 18.2 Å². The number of rotatable bonds is 3. The number of aromatic hydroxyl groups is 2. The van der Waals surface area contributed by atoms with Crippen LogP contribution in [-0.4, -0.2) is 16.3 Å². The summed E-state index contributed by atoms with van der Waals surface area (Å²) in [7, 11) is 0. The van der Waals surface area contributed by atoms with Gasteiger partial charge in [0.25, 0.3) is 0 Å². The highest BCUT2D eigenvalue weighted by atomic mass is 16.3. The van der Waals surface area contributed by atoms with Crippen molar-refractivity contribution < 1.29 is 10.2 Å². The van der Waals surface area contributed by atoms with Gasteiger partial charge in [0.1, 0.15) is 11.5 Å². The van der Waals surface area contributed by atoms with Crippen molar-refractivity contribution in [2.24, 2.45) is 5.92 Å². The van der Waals surface area contributed by atoms with Gasteiger partial charge in [-0.15, -0.1) is 0 Å². The highest BCUT2D eigenvalue weighted by molar-refractivity contribution is 5.37. The van der Waals surface area contributed by atoms with Gasteiger partial charge in [0.2, 0.25) is 0 Å². The molecule has 17 heavy (non-hydrogen) atoms. The summed E-state index contributed by atoms with van der Waals surface area (Å²) in [5.41, 5.74) is 0.932. The maximum absolute atomic E-state index is 9.46. The van der Waals surface area contributed by atoms with Gasteiger partial charge in [0.15, 0.2) is 0 Å². The quantitative estimate of drug-likeness (QED) is 0.755. The van der Waals surface area contributed by atoms with Crippen LogP contribution >= 0.6 is 0 Å². The molecule has 1 aromatic rings. The van der Waals surface area contributed by atoms with Gasteiger partial charge in [-0.2, -0.15) is 0 Å². The Hall–Kier alpha value is -1.22. The van der Waals surface area contributed by atoms with Crippen LogP contribution in [0.4, 0.5) is 0 Å². The van der Waals surface area contributed by atoms with Gasteiger partial charge in [-0.3, -0.25) is 0 Å². The topological polar surface area (TPSA) is 52.5 Å². The van der Waals surface area contributed by atoms with E-state index in [9.17, 15) is 10.2 Å². The first-order chi connectivity index (χ1) is 8.04. The van der Waals surface area contributed by atoms with Crippen molar-refractivity contribution in [3.8, 4) is 11.5 Å². The molecule has 0 saturated heterocycles. The van der Waals surface area contributed by atoms with Crippen LogP contribution in [0.3, 0.4) is 0 Å². The fourth-order valence-corrected chi connectivity index (χ4v) is 2.68. The summed E-state index contributed by atoms with van der Waals surface area (Å²) in [6.45, 7) is 4.35. The van der Waals surface area contributed by atoms with E-state index in [1.807, 2.05) is 0 Å². The Morgan fingerprint density at radius 1 is 1.18 bits per heavy atom. The van der Waals surface area contributed by atoms with Gasteiger partial charge in [-0.25, -0.2) is 0 Å². The second kappa shape index (κ2) is 4.96. The average molecular weight is 235 g/mol. The van der Waals surface area contributed by atoms with Gasteiger partial charge in [0, 0.05) is 18.2 Å². The lowest BCUT2D eigenvalue weighted by molar-refractivity contribution is 0.431. The van der Waals surface area contributed by atoms with E-state index in [0.29, 0.717) is 6.04 Å². The van der Waals surface area contributed by atoms with E-state index >= 15 is 0 Å². The summed E-state index contributed by atoms with van der Waals surface area (Å²) in [6.07, 6.45) is 3.72. The molecule has 0 radical (unpaired) electrons. The third-order valence-electron chi connectivity index (χ3n) is 3.61. The lowest BCUT2D eigenvalue weighted by Gasteiger charge is -2.20. The van der Waals surface area contributed by atoms with E-state index in [-0.39, 0.29) is 17.5 Å².